The summed E-state index contributed by atoms with van der Waals surface area (Å²) in [5.74, 6) is -1.31. The Morgan fingerprint density at radius 3 is 2.79 bits per heavy atom. The first kappa shape index (κ1) is 12.9. The third-order valence-electron chi connectivity index (χ3n) is 2.79. The standard InChI is InChI=1S/C11H13N5O3/c1-2-7-10(18)15-9(17)5-16(7)11(19)6-3-14-8(12)4-13-6/h3-4,7H,2,5H2,1H3,(H2,12,14)(H,15,17,18). The molecule has 2 heterocycles. The van der Waals surface area contributed by atoms with E-state index in [1.54, 1.807) is 6.92 Å². The molecule has 1 atom stereocenters. The first-order chi connectivity index (χ1) is 9.02. The van der Waals surface area contributed by atoms with Crippen LogP contribution in [0.4, 0.5) is 5.82 Å². The lowest BCUT2D eigenvalue weighted by Crippen LogP contribution is -2.59. The lowest BCUT2D eigenvalue weighted by Gasteiger charge is -2.32. The summed E-state index contributed by atoms with van der Waals surface area (Å²) in [6.45, 7) is 1.59. The number of aromatic nitrogens is 2. The SMILES string of the molecule is CCC1C(=O)NC(=O)CN1C(=O)c1cnc(N)cn1. The van der Waals surface area contributed by atoms with Crippen LogP contribution in [0.1, 0.15) is 23.8 Å². The van der Waals surface area contributed by atoms with E-state index in [1.807, 2.05) is 0 Å². The van der Waals surface area contributed by atoms with Crippen LogP contribution < -0.4 is 11.1 Å². The van der Waals surface area contributed by atoms with Crippen LogP contribution in [0.5, 0.6) is 0 Å². The van der Waals surface area contributed by atoms with Gasteiger partial charge < -0.3 is 10.6 Å². The van der Waals surface area contributed by atoms with E-state index in [0.717, 1.165) is 0 Å². The zero-order valence-corrected chi connectivity index (χ0v) is 10.3. The molecule has 1 aliphatic heterocycles. The molecular formula is C11H13N5O3. The lowest BCUT2D eigenvalue weighted by molar-refractivity contribution is -0.138. The first-order valence-corrected chi connectivity index (χ1v) is 5.75. The number of nitrogen functional groups attached to an aromatic ring is 1. The Morgan fingerprint density at radius 1 is 1.47 bits per heavy atom. The maximum absolute atomic E-state index is 12.2. The van der Waals surface area contributed by atoms with E-state index in [4.69, 9.17) is 5.73 Å². The van der Waals surface area contributed by atoms with Crippen LogP contribution in [0.2, 0.25) is 0 Å². The fraction of sp³-hybridized carbons (Fsp3) is 0.364. The molecule has 2 rings (SSSR count). The molecule has 3 amide bonds. The molecule has 100 valence electrons. The Labute approximate surface area is 109 Å². The smallest absolute Gasteiger partial charge is 0.275 e. The predicted octanol–water partition coefficient (Wildman–Crippen LogP) is -1.06. The summed E-state index contributed by atoms with van der Waals surface area (Å²) in [7, 11) is 0. The van der Waals surface area contributed by atoms with Crippen LogP contribution in [-0.4, -0.2) is 45.2 Å². The van der Waals surface area contributed by atoms with Crippen molar-refractivity contribution in [1.82, 2.24) is 20.2 Å². The fourth-order valence-electron chi connectivity index (χ4n) is 1.88. The zero-order chi connectivity index (χ0) is 14.0. The molecule has 3 N–H and O–H groups in total. The Hall–Kier alpha value is -2.51. The number of anilines is 1. The topological polar surface area (TPSA) is 118 Å². The fourth-order valence-corrected chi connectivity index (χ4v) is 1.88. The van der Waals surface area contributed by atoms with E-state index < -0.39 is 23.8 Å². The van der Waals surface area contributed by atoms with Crippen LogP contribution >= 0.6 is 0 Å². The van der Waals surface area contributed by atoms with Gasteiger partial charge in [0.2, 0.25) is 11.8 Å². The van der Waals surface area contributed by atoms with E-state index in [2.05, 4.69) is 15.3 Å². The highest BCUT2D eigenvalue weighted by Gasteiger charge is 2.36. The number of imide groups is 1. The molecule has 0 radical (unpaired) electrons. The molecule has 1 aromatic heterocycles. The van der Waals surface area contributed by atoms with Crippen molar-refractivity contribution in [2.24, 2.45) is 0 Å². The van der Waals surface area contributed by atoms with E-state index in [-0.39, 0.29) is 18.1 Å². The summed E-state index contributed by atoms with van der Waals surface area (Å²) < 4.78 is 0. The average Bonchev–Trinajstić information content (AvgIpc) is 2.38. The molecule has 0 bridgehead atoms. The highest BCUT2D eigenvalue weighted by atomic mass is 16.2. The van der Waals surface area contributed by atoms with Gasteiger partial charge in [0.25, 0.3) is 5.91 Å². The van der Waals surface area contributed by atoms with Crippen molar-refractivity contribution in [3.63, 3.8) is 0 Å². The van der Waals surface area contributed by atoms with E-state index >= 15 is 0 Å². The Balaban J connectivity index is 2.27. The van der Waals surface area contributed by atoms with Gasteiger partial charge in [-0.05, 0) is 6.42 Å². The zero-order valence-electron chi connectivity index (χ0n) is 10.3. The molecule has 1 aliphatic rings. The van der Waals surface area contributed by atoms with Gasteiger partial charge in [-0.2, -0.15) is 0 Å². The highest BCUT2D eigenvalue weighted by Crippen LogP contribution is 2.12. The number of carbonyl (C=O) groups is 3. The van der Waals surface area contributed by atoms with Crippen molar-refractivity contribution >= 4 is 23.5 Å². The summed E-state index contributed by atoms with van der Waals surface area (Å²) in [5, 5.41) is 2.20. The van der Waals surface area contributed by atoms with Crippen LogP contribution in [0.25, 0.3) is 0 Å². The van der Waals surface area contributed by atoms with Crippen LogP contribution in [0.15, 0.2) is 12.4 Å². The minimum absolute atomic E-state index is 0.0511. The lowest BCUT2D eigenvalue weighted by atomic mass is 10.1. The number of nitrogens with two attached hydrogens (primary N) is 1. The molecule has 0 spiro atoms. The molecule has 1 aromatic rings. The summed E-state index contributed by atoms with van der Waals surface area (Å²) in [6.07, 6.45) is 2.88. The number of amides is 3. The Bertz CT molecular complexity index is 528. The number of nitrogens with one attached hydrogen (secondary N) is 1. The van der Waals surface area contributed by atoms with E-state index in [9.17, 15) is 14.4 Å². The van der Waals surface area contributed by atoms with Crippen LogP contribution in [0, 0.1) is 0 Å². The van der Waals surface area contributed by atoms with Crippen molar-refractivity contribution in [2.45, 2.75) is 19.4 Å². The van der Waals surface area contributed by atoms with Crippen molar-refractivity contribution in [1.29, 1.82) is 0 Å². The van der Waals surface area contributed by atoms with Gasteiger partial charge in [-0.1, -0.05) is 6.92 Å². The van der Waals surface area contributed by atoms with Crippen molar-refractivity contribution in [3.8, 4) is 0 Å². The van der Waals surface area contributed by atoms with Crippen molar-refractivity contribution in [3.05, 3.63) is 18.1 Å². The Morgan fingerprint density at radius 2 is 2.21 bits per heavy atom. The third kappa shape index (κ3) is 2.51. The average molecular weight is 263 g/mol. The minimum Gasteiger partial charge on any atom is -0.382 e. The van der Waals surface area contributed by atoms with Gasteiger partial charge in [0, 0.05) is 0 Å². The molecule has 0 saturated carbocycles. The van der Waals surface area contributed by atoms with Gasteiger partial charge in [0.05, 0.1) is 12.4 Å². The molecule has 8 heteroatoms. The number of nitrogens with zero attached hydrogens (tertiary/aromatic N) is 3. The van der Waals surface area contributed by atoms with Crippen LogP contribution in [0.3, 0.4) is 0 Å². The second kappa shape index (κ2) is 5.01. The quantitative estimate of drug-likeness (QED) is 0.656. The monoisotopic (exact) mass is 263 g/mol. The molecule has 1 saturated heterocycles. The summed E-state index contributed by atoms with van der Waals surface area (Å²) in [5.41, 5.74) is 5.44. The highest BCUT2D eigenvalue weighted by molar-refractivity contribution is 6.06. The second-order valence-electron chi connectivity index (χ2n) is 4.10. The van der Waals surface area contributed by atoms with Gasteiger partial charge in [0.15, 0.2) is 0 Å². The van der Waals surface area contributed by atoms with Gasteiger partial charge in [-0.15, -0.1) is 0 Å². The molecule has 8 nitrogen and oxygen atoms in total. The molecule has 0 aromatic carbocycles. The molecule has 0 aliphatic carbocycles. The summed E-state index contributed by atoms with van der Waals surface area (Å²) in [6, 6.07) is -0.676. The predicted molar refractivity (Wildman–Crippen MR) is 64.7 cm³/mol. The molecule has 1 fully saturated rings. The second-order valence-corrected chi connectivity index (χ2v) is 4.10. The maximum atomic E-state index is 12.2. The number of hydrogen-bond donors (Lipinski definition) is 2. The third-order valence-corrected chi connectivity index (χ3v) is 2.79. The van der Waals surface area contributed by atoms with Crippen molar-refractivity contribution in [2.75, 3.05) is 12.3 Å². The first-order valence-electron chi connectivity index (χ1n) is 5.75. The van der Waals surface area contributed by atoms with E-state index in [0.29, 0.717) is 6.42 Å². The molecular weight excluding hydrogens is 250 g/mol. The number of piperazine rings is 1. The molecule has 1 unspecified atom stereocenters. The minimum atomic E-state index is -0.676. The summed E-state index contributed by atoms with van der Waals surface area (Å²) >= 11 is 0. The maximum Gasteiger partial charge on any atom is 0.275 e. The summed E-state index contributed by atoms with van der Waals surface area (Å²) in [4.78, 5) is 44.0. The van der Waals surface area contributed by atoms with E-state index in [1.165, 1.54) is 17.3 Å². The van der Waals surface area contributed by atoms with Gasteiger partial charge in [-0.3, -0.25) is 19.7 Å². The number of carbonyl (C=O) groups excluding carboxylic acids is 3. The largest absolute Gasteiger partial charge is 0.382 e. The Kier molecular flexibility index (Phi) is 3.41. The van der Waals surface area contributed by atoms with Gasteiger partial charge in [-0.25, -0.2) is 9.97 Å². The van der Waals surface area contributed by atoms with Gasteiger partial charge in [0.1, 0.15) is 24.1 Å². The van der Waals surface area contributed by atoms with Gasteiger partial charge >= 0.3 is 0 Å². The number of hydrogen-bond acceptors (Lipinski definition) is 6. The number of rotatable bonds is 2. The molecule has 19 heavy (non-hydrogen) atoms. The van der Waals surface area contributed by atoms with Crippen LogP contribution in [-0.2, 0) is 9.59 Å². The van der Waals surface area contributed by atoms with Crippen molar-refractivity contribution < 1.29 is 14.4 Å². The normalized spacial score (nSPS) is 19.2.